The minimum absolute atomic E-state index is 0.00966. The van der Waals surface area contributed by atoms with E-state index in [1.54, 1.807) is 7.11 Å². The number of carbonyl (C=O) groups is 2. The number of piperidine rings is 1. The van der Waals surface area contributed by atoms with E-state index in [0.717, 1.165) is 54.9 Å². The first-order chi connectivity index (χ1) is 15.0. The molecule has 31 heavy (non-hydrogen) atoms. The lowest BCUT2D eigenvalue weighted by Crippen LogP contribution is -2.40. The van der Waals surface area contributed by atoms with Crippen LogP contribution in [0.4, 0.5) is 5.69 Å². The van der Waals surface area contributed by atoms with E-state index < -0.39 is 0 Å². The number of halogens is 1. The molecule has 2 aromatic rings. The van der Waals surface area contributed by atoms with Gasteiger partial charge in [-0.3, -0.25) is 9.59 Å². The Morgan fingerprint density at radius 3 is 2.74 bits per heavy atom. The van der Waals surface area contributed by atoms with Crippen LogP contribution in [0.25, 0.3) is 0 Å². The summed E-state index contributed by atoms with van der Waals surface area (Å²) in [6, 6.07) is 13.3. The number of ether oxygens (including phenoxy) is 1. The molecule has 1 fully saturated rings. The Hall–Kier alpha value is -2.53. The van der Waals surface area contributed by atoms with Crippen molar-refractivity contribution in [3.8, 4) is 5.75 Å². The SMILES string of the molecule is COc1ccc(NC(=O)CCC2CCCN(C(=O)CCc3ccccc3Cl)C2)c(C)c1. The van der Waals surface area contributed by atoms with Crippen molar-refractivity contribution >= 4 is 29.1 Å². The molecule has 1 N–H and O–H groups in total. The first-order valence-corrected chi connectivity index (χ1v) is 11.3. The fourth-order valence-corrected chi connectivity index (χ4v) is 4.31. The number of likely N-dealkylation sites (tertiary alicyclic amines) is 1. The number of rotatable bonds is 8. The van der Waals surface area contributed by atoms with Gasteiger partial charge in [0.05, 0.1) is 7.11 Å². The van der Waals surface area contributed by atoms with E-state index in [2.05, 4.69) is 5.32 Å². The molecule has 3 rings (SSSR count). The summed E-state index contributed by atoms with van der Waals surface area (Å²) >= 11 is 6.20. The Balaban J connectivity index is 1.44. The lowest BCUT2D eigenvalue weighted by Gasteiger charge is -2.33. The minimum Gasteiger partial charge on any atom is -0.497 e. The summed E-state index contributed by atoms with van der Waals surface area (Å²) in [6.07, 6.45) is 4.41. The number of methoxy groups -OCH3 is 1. The number of benzene rings is 2. The highest BCUT2D eigenvalue weighted by Crippen LogP contribution is 2.24. The number of hydrogen-bond donors (Lipinski definition) is 1. The lowest BCUT2D eigenvalue weighted by atomic mass is 9.93. The standard InChI is InChI=1S/C25H31ClN2O3/c1-18-16-21(31-2)11-12-23(18)27-24(29)13-9-19-6-5-15-28(17-19)25(30)14-10-20-7-3-4-8-22(20)26/h3-4,7-8,11-12,16,19H,5-6,9-10,13-15,17H2,1-2H3,(H,27,29). The molecule has 0 aromatic heterocycles. The van der Waals surface area contributed by atoms with E-state index >= 15 is 0 Å². The highest BCUT2D eigenvalue weighted by Gasteiger charge is 2.24. The predicted octanol–water partition coefficient (Wildman–Crippen LogP) is 5.25. The molecule has 2 aromatic carbocycles. The van der Waals surface area contributed by atoms with Crippen molar-refractivity contribution in [2.24, 2.45) is 5.92 Å². The van der Waals surface area contributed by atoms with Gasteiger partial charge in [0.2, 0.25) is 11.8 Å². The van der Waals surface area contributed by atoms with Gasteiger partial charge in [-0.15, -0.1) is 0 Å². The third-order valence-electron chi connectivity index (χ3n) is 5.93. The monoisotopic (exact) mass is 442 g/mol. The molecule has 0 radical (unpaired) electrons. The van der Waals surface area contributed by atoms with Gasteiger partial charge in [0.1, 0.15) is 5.75 Å². The number of aryl methyl sites for hydroxylation is 2. The van der Waals surface area contributed by atoms with Crippen LogP contribution in [0.3, 0.4) is 0 Å². The molecule has 1 aliphatic heterocycles. The second-order valence-electron chi connectivity index (χ2n) is 8.21. The highest BCUT2D eigenvalue weighted by atomic mass is 35.5. The Bertz CT molecular complexity index is 915. The second-order valence-corrected chi connectivity index (χ2v) is 8.61. The van der Waals surface area contributed by atoms with Crippen LogP contribution in [0.1, 0.15) is 43.2 Å². The van der Waals surface area contributed by atoms with Crippen LogP contribution in [-0.2, 0) is 16.0 Å². The van der Waals surface area contributed by atoms with Crippen molar-refractivity contribution in [2.45, 2.75) is 45.4 Å². The summed E-state index contributed by atoms with van der Waals surface area (Å²) in [4.78, 5) is 27.1. The molecule has 1 atom stereocenters. The summed E-state index contributed by atoms with van der Waals surface area (Å²) in [5, 5.41) is 3.70. The molecular formula is C25H31ClN2O3. The van der Waals surface area contributed by atoms with Crippen LogP contribution in [0.5, 0.6) is 5.75 Å². The van der Waals surface area contributed by atoms with Gasteiger partial charge in [-0.05, 0) is 73.9 Å². The molecule has 5 nitrogen and oxygen atoms in total. The molecule has 0 bridgehead atoms. The first kappa shape index (κ1) is 23.1. The van der Waals surface area contributed by atoms with Gasteiger partial charge in [-0.25, -0.2) is 0 Å². The van der Waals surface area contributed by atoms with Crippen LogP contribution < -0.4 is 10.1 Å². The molecule has 2 amide bonds. The zero-order valence-electron chi connectivity index (χ0n) is 18.3. The second kappa shape index (κ2) is 11.2. The van der Waals surface area contributed by atoms with Crippen molar-refractivity contribution < 1.29 is 14.3 Å². The molecule has 1 saturated heterocycles. The number of hydrogen-bond acceptors (Lipinski definition) is 3. The summed E-state index contributed by atoms with van der Waals surface area (Å²) in [6.45, 7) is 3.48. The van der Waals surface area contributed by atoms with E-state index in [0.29, 0.717) is 30.2 Å². The fraction of sp³-hybridized carbons (Fsp3) is 0.440. The van der Waals surface area contributed by atoms with Gasteiger partial charge in [-0.1, -0.05) is 29.8 Å². The summed E-state index contributed by atoms with van der Waals surface area (Å²) in [5.41, 5.74) is 2.79. The fourth-order valence-electron chi connectivity index (χ4n) is 4.08. The molecular weight excluding hydrogens is 412 g/mol. The lowest BCUT2D eigenvalue weighted by molar-refractivity contribution is -0.133. The van der Waals surface area contributed by atoms with Crippen molar-refractivity contribution in [3.05, 3.63) is 58.6 Å². The molecule has 1 heterocycles. The van der Waals surface area contributed by atoms with Crippen molar-refractivity contribution in [1.82, 2.24) is 4.90 Å². The zero-order valence-corrected chi connectivity index (χ0v) is 19.1. The van der Waals surface area contributed by atoms with Crippen LogP contribution in [0.15, 0.2) is 42.5 Å². The Morgan fingerprint density at radius 1 is 1.19 bits per heavy atom. The van der Waals surface area contributed by atoms with Crippen LogP contribution in [-0.4, -0.2) is 36.9 Å². The van der Waals surface area contributed by atoms with Gasteiger partial charge in [-0.2, -0.15) is 0 Å². The van der Waals surface area contributed by atoms with Gasteiger partial charge >= 0.3 is 0 Å². The number of carbonyl (C=O) groups excluding carboxylic acids is 2. The molecule has 0 saturated carbocycles. The van der Waals surface area contributed by atoms with Gasteiger partial charge < -0.3 is 15.0 Å². The Morgan fingerprint density at radius 2 is 2.00 bits per heavy atom. The van der Waals surface area contributed by atoms with E-state index in [1.807, 2.05) is 54.3 Å². The van der Waals surface area contributed by atoms with Crippen LogP contribution in [0.2, 0.25) is 5.02 Å². The van der Waals surface area contributed by atoms with Crippen molar-refractivity contribution in [3.63, 3.8) is 0 Å². The third kappa shape index (κ3) is 6.73. The number of amides is 2. The van der Waals surface area contributed by atoms with E-state index in [4.69, 9.17) is 16.3 Å². The molecule has 1 aliphatic rings. The maximum atomic E-state index is 12.7. The minimum atomic E-state index is 0.00966. The maximum absolute atomic E-state index is 12.7. The quantitative estimate of drug-likeness (QED) is 0.607. The van der Waals surface area contributed by atoms with E-state index in [1.165, 1.54) is 0 Å². The molecule has 0 aliphatic carbocycles. The third-order valence-corrected chi connectivity index (χ3v) is 6.29. The summed E-state index contributed by atoms with van der Waals surface area (Å²) < 4.78 is 5.21. The molecule has 0 spiro atoms. The van der Waals surface area contributed by atoms with Crippen LogP contribution in [0, 0.1) is 12.8 Å². The van der Waals surface area contributed by atoms with Crippen LogP contribution >= 0.6 is 11.6 Å². The predicted molar refractivity (Wildman–Crippen MR) is 125 cm³/mol. The normalized spacial score (nSPS) is 16.1. The van der Waals surface area contributed by atoms with Gasteiger partial charge in [0.25, 0.3) is 0 Å². The number of anilines is 1. The van der Waals surface area contributed by atoms with Gasteiger partial charge in [0, 0.05) is 36.6 Å². The number of nitrogens with zero attached hydrogens (tertiary/aromatic N) is 1. The molecule has 166 valence electrons. The van der Waals surface area contributed by atoms with E-state index in [-0.39, 0.29) is 11.8 Å². The van der Waals surface area contributed by atoms with Gasteiger partial charge in [0.15, 0.2) is 0 Å². The molecule has 1 unspecified atom stereocenters. The van der Waals surface area contributed by atoms with Crippen molar-refractivity contribution in [2.75, 3.05) is 25.5 Å². The average Bonchev–Trinajstić information content (AvgIpc) is 2.78. The molecule has 6 heteroatoms. The average molecular weight is 443 g/mol. The van der Waals surface area contributed by atoms with Crippen molar-refractivity contribution in [1.29, 1.82) is 0 Å². The largest absolute Gasteiger partial charge is 0.497 e. The summed E-state index contributed by atoms with van der Waals surface area (Å²) in [7, 11) is 1.63. The topological polar surface area (TPSA) is 58.6 Å². The Labute approximate surface area is 189 Å². The number of nitrogens with one attached hydrogen (secondary N) is 1. The maximum Gasteiger partial charge on any atom is 0.224 e. The zero-order chi connectivity index (χ0) is 22.2. The Kier molecular flexibility index (Phi) is 8.35. The first-order valence-electron chi connectivity index (χ1n) is 10.9. The highest BCUT2D eigenvalue weighted by molar-refractivity contribution is 6.31. The smallest absolute Gasteiger partial charge is 0.224 e. The van der Waals surface area contributed by atoms with E-state index in [9.17, 15) is 9.59 Å². The summed E-state index contributed by atoms with van der Waals surface area (Å²) in [5.74, 6) is 1.32.